The monoisotopic (exact) mass is 220 g/mol. The summed E-state index contributed by atoms with van der Waals surface area (Å²) in [6, 6.07) is 4.07. The van der Waals surface area contributed by atoms with Crippen LogP contribution in [0.15, 0.2) is 40.2 Å². The molecule has 0 fully saturated rings. The Morgan fingerprint density at radius 1 is 1.31 bits per heavy atom. The van der Waals surface area contributed by atoms with Crippen LogP contribution in [0, 0.1) is 12.7 Å². The average Bonchev–Trinajstić information content (AvgIpc) is 2.26. The van der Waals surface area contributed by atoms with Crippen molar-refractivity contribution < 1.29 is 4.39 Å². The molecule has 0 saturated carbocycles. The fraction of sp³-hybridized carbons (Fsp3) is 0.0909. The van der Waals surface area contributed by atoms with Crippen LogP contribution in [0.1, 0.15) is 5.56 Å². The fourth-order valence-electron chi connectivity index (χ4n) is 1.46. The first-order valence-electron chi connectivity index (χ1n) is 4.66. The maximum atomic E-state index is 13.1. The van der Waals surface area contributed by atoms with E-state index < -0.39 is 16.9 Å². The lowest BCUT2D eigenvalue weighted by Crippen LogP contribution is -2.34. The van der Waals surface area contributed by atoms with E-state index in [0.29, 0.717) is 11.3 Å². The van der Waals surface area contributed by atoms with E-state index in [1.807, 2.05) is 0 Å². The summed E-state index contributed by atoms with van der Waals surface area (Å²) in [5, 5.41) is 0. The van der Waals surface area contributed by atoms with Gasteiger partial charge in [-0.2, -0.15) is 0 Å². The molecule has 4 nitrogen and oxygen atoms in total. The first kappa shape index (κ1) is 10.4. The normalized spacial score (nSPS) is 10.4. The van der Waals surface area contributed by atoms with Gasteiger partial charge in [0.2, 0.25) is 0 Å². The van der Waals surface area contributed by atoms with Crippen LogP contribution >= 0.6 is 0 Å². The van der Waals surface area contributed by atoms with Crippen LogP contribution in [-0.4, -0.2) is 9.55 Å². The van der Waals surface area contributed by atoms with Gasteiger partial charge < -0.3 is 4.98 Å². The Kier molecular flexibility index (Phi) is 2.44. The highest BCUT2D eigenvalue weighted by atomic mass is 19.1. The van der Waals surface area contributed by atoms with E-state index in [1.54, 1.807) is 13.0 Å². The molecule has 5 heteroatoms. The Labute approximate surface area is 90.0 Å². The van der Waals surface area contributed by atoms with E-state index in [1.165, 1.54) is 24.5 Å². The predicted molar refractivity (Wildman–Crippen MR) is 57.4 cm³/mol. The van der Waals surface area contributed by atoms with Crippen LogP contribution in [0.25, 0.3) is 5.69 Å². The maximum absolute atomic E-state index is 13.1. The molecule has 16 heavy (non-hydrogen) atoms. The highest BCUT2D eigenvalue weighted by Gasteiger charge is 2.06. The van der Waals surface area contributed by atoms with Crippen LogP contribution in [-0.2, 0) is 0 Å². The lowest BCUT2D eigenvalue weighted by atomic mass is 10.2. The molecule has 1 aromatic heterocycles. The molecule has 0 amide bonds. The summed E-state index contributed by atoms with van der Waals surface area (Å²) in [6.07, 6.45) is 2.74. The number of H-pyrrole nitrogens is 1. The van der Waals surface area contributed by atoms with Crippen LogP contribution in [0.3, 0.4) is 0 Å². The lowest BCUT2D eigenvalue weighted by Gasteiger charge is -2.07. The number of aromatic amines is 1. The minimum Gasteiger partial charge on any atom is -0.323 e. The van der Waals surface area contributed by atoms with E-state index in [9.17, 15) is 14.0 Å². The number of aryl methyl sites for hydroxylation is 1. The summed E-state index contributed by atoms with van der Waals surface area (Å²) < 4.78 is 14.2. The van der Waals surface area contributed by atoms with Gasteiger partial charge in [-0.3, -0.25) is 14.2 Å². The molecule has 0 bridgehead atoms. The van der Waals surface area contributed by atoms with Crippen molar-refractivity contribution >= 4 is 0 Å². The average molecular weight is 220 g/mol. The summed E-state index contributed by atoms with van der Waals surface area (Å²) >= 11 is 0. The number of aromatic nitrogens is 2. The highest BCUT2D eigenvalue weighted by Crippen LogP contribution is 2.12. The standard InChI is InChI=1S/C11H9FN2O2/c1-7-2-3-8(12)6-9(7)14-5-4-13-10(15)11(14)16/h2-6H,1H3,(H,13,15). The molecule has 0 aliphatic rings. The molecule has 82 valence electrons. The second-order valence-electron chi connectivity index (χ2n) is 3.40. The third-order valence-electron chi connectivity index (χ3n) is 2.28. The van der Waals surface area contributed by atoms with Crippen molar-refractivity contribution in [1.82, 2.24) is 9.55 Å². The molecule has 1 heterocycles. The Hall–Kier alpha value is -2.17. The van der Waals surface area contributed by atoms with E-state index in [2.05, 4.69) is 4.98 Å². The van der Waals surface area contributed by atoms with Gasteiger partial charge in [0.1, 0.15) is 5.82 Å². The second-order valence-corrected chi connectivity index (χ2v) is 3.40. The zero-order chi connectivity index (χ0) is 11.7. The fourth-order valence-corrected chi connectivity index (χ4v) is 1.46. The number of halogens is 1. The van der Waals surface area contributed by atoms with Crippen molar-refractivity contribution in [2.45, 2.75) is 6.92 Å². The van der Waals surface area contributed by atoms with Gasteiger partial charge in [0.15, 0.2) is 0 Å². The van der Waals surface area contributed by atoms with Crippen molar-refractivity contribution in [3.63, 3.8) is 0 Å². The molecule has 0 radical (unpaired) electrons. The predicted octanol–water partition coefficient (Wildman–Crippen LogP) is 0.973. The molecular weight excluding hydrogens is 211 g/mol. The molecular formula is C11H9FN2O2. The maximum Gasteiger partial charge on any atom is 0.320 e. The van der Waals surface area contributed by atoms with Gasteiger partial charge in [-0.1, -0.05) is 6.07 Å². The molecule has 0 aliphatic heterocycles. The largest absolute Gasteiger partial charge is 0.323 e. The molecule has 2 rings (SSSR count). The number of nitrogens with zero attached hydrogens (tertiary/aromatic N) is 1. The molecule has 0 atom stereocenters. The van der Waals surface area contributed by atoms with Gasteiger partial charge in [-0.05, 0) is 24.6 Å². The molecule has 0 saturated heterocycles. The van der Waals surface area contributed by atoms with Crippen LogP contribution in [0.4, 0.5) is 4.39 Å². The van der Waals surface area contributed by atoms with Crippen LogP contribution in [0.2, 0.25) is 0 Å². The zero-order valence-electron chi connectivity index (χ0n) is 8.53. The van der Waals surface area contributed by atoms with Gasteiger partial charge in [0.05, 0.1) is 5.69 Å². The second kappa shape index (κ2) is 3.77. The highest BCUT2D eigenvalue weighted by molar-refractivity contribution is 5.40. The van der Waals surface area contributed by atoms with Gasteiger partial charge in [-0.15, -0.1) is 0 Å². The topological polar surface area (TPSA) is 54.9 Å². The summed E-state index contributed by atoms with van der Waals surface area (Å²) in [5.41, 5.74) is -0.368. The van der Waals surface area contributed by atoms with E-state index in [4.69, 9.17) is 0 Å². The smallest absolute Gasteiger partial charge is 0.320 e. The molecule has 0 aliphatic carbocycles. The SMILES string of the molecule is Cc1ccc(F)cc1-n1cc[nH]c(=O)c1=O. The summed E-state index contributed by atoms with van der Waals surface area (Å²) in [5.74, 6) is -0.451. The third-order valence-corrected chi connectivity index (χ3v) is 2.28. The first-order chi connectivity index (χ1) is 7.59. The van der Waals surface area contributed by atoms with E-state index in [0.717, 1.165) is 4.57 Å². The lowest BCUT2D eigenvalue weighted by molar-refractivity contribution is 0.625. The third kappa shape index (κ3) is 1.67. The Balaban J connectivity index is 2.77. The van der Waals surface area contributed by atoms with E-state index in [-0.39, 0.29) is 0 Å². The molecule has 1 N–H and O–H groups in total. The number of rotatable bonds is 1. The van der Waals surface area contributed by atoms with Crippen LogP contribution in [0.5, 0.6) is 0 Å². The van der Waals surface area contributed by atoms with Crippen molar-refractivity contribution in [3.05, 3.63) is 62.7 Å². The van der Waals surface area contributed by atoms with Gasteiger partial charge in [0, 0.05) is 12.4 Å². The van der Waals surface area contributed by atoms with Crippen molar-refractivity contribution in [3.8, 4) is 5.69 Å². The van der Waals surface area contributed by atoms with Crippen molar-refractivity contribution in [2.75, 3.05) is 0 Å². The minimum absolute atomic E-state index is 0.371. The molecule has 2 aromatic rings. The molecule has 1 aromatic carbocycles. The Morgan fingerprint density at radius 2 is 2.06 bits per heavy atom. The zero-order valence-corrected chi connectivity index (χ0v) is 8.53. The van der Waals surface area contributed by atoms with E-state index >= 15 is 0 Å². The summed E-state index contributed by atoms with van der Waals surface area (Å²) in [7, 11) is 0. The van der Waals surface area contributed by atoms with Gasteiger partial charge in [0.25, 0.3) is 0 Å². The Morgan fingerprint density at radius 3 is 2.81 bits per heavy atom. The number of benzene rings is 1. The quantitative estimate of drug-likeness (QED) is 0.728. The number of hydrogen-bond acceptors (Lipinski definition) is 2. The first-order valence-corrected chi connectivity index (χ1v) is 4.66. The summed E-state index contributed by atoms with van der Waals surface area (Å²) in [6.45, 7) is 1.74. The number of hydrogen-bond donors (Lipinski definition) is 1. The summed E-state index contributed by atoms with van der Waals surface area (Å²) in [4.78, 5) is 24.9. The van der Waals surface area contributed by atoms with Crippen molar-refractivity contribution in [1.29, 1.82) is 0 Å². The molecule has 0 unspecified atom stereocenters. The number of nitrogens with one attached hydrogen (secondary N) is 1. The van der Waals surface area contributed by atoms with Gasteiger partial charge in [-0.25, -0.2) is 4.39 Å². The van der Waals surface area contributed by atoms with Crippen LogP contribution < -0.4 is 11.1 Å². The van der Waals surface area contributed by atoms with Crippen molar-refractivity contribution in [2.24, 2.45) is 0 Å². The van der Waals surface area contributed by atoms with Gasteiger partial charge >= 0.3 is 11.1 Å². The Bertz CT molecular complexity index is 643. The minimum atomic E-state index is -0.730. The molecule has 0 spiro atoms.